The zero-order chi connectivity index (χ0) is 33.7. The number of fused-ring (bicyclic) bond motifs is 5. The maximum atomic E-state index is 6.54. The van der Waals surface area contributed by atoms with Crippen molar-refractivity contribution in [2.24, 2.45) is 0 Å². The van der Waals surface area contributed by atoms with Crippen LogP contribution >= 0.6 is 0 Å². The summed E-state index contributed by atoms with van der Waals surface area (Å²) in [7, 11) is 0. The maximum Gasteiger partial charge on any atom is 0.164 e. The SMILES string of the molecule is c1ccc(-c2cccc(-c3nc(-c4ccc5ccccc5c4)nc(-c4cc(-c5ccc6ccccc6c5)cc5oc6ccccc6c45)n3)c2)cc1. The summed E-state index contributed by atoms with van der Waals surface area (Å²) in [5, 5.41) is 6.68. The molecule has 2 aromatic heterocycles. The van der Waals surface area contributed by atoms with Gasteiger partial charge in [-0.1, -0.05) is 140 Å². The number of rotatable bonds is 5. The summed E-state index contributed by atoms with van der Waals surface area (Å²) in [4.78, 5) is 15.6. The monoisotopic (exact) mass is 651 g/mol. The molecule has 8 aromatic carbocycles. The molecule has 4 nitrogen and oxygen atoms in total. The Kier molecular flexibility index (Phi) is 6.78. The van der Waals surface area contributed by atoms with Crippen molar-refractivity contribution in [3.63, 3.8) is 0 Å². The Labute approximate surface area is 294 Å². The molecule has 0 unspecified atom stereocenters. The first-order chi connectivity index (χ1) is 25.2. The molecule has 4 heteroatoms. The van der Waals surface area contributed by atoms with Crippen LogP contribution in [0.4, 0.5) is 0 Å². The van der Waals surface area contributed by atoms with Gasteiger partial charge in [-0.3, -0.25) is 0 Å². The summed E-state index contributed by atoms with van der Waals surface area (Å²) in [6.45, 7) is 0. The first kappa shape index (κ1) is 29.0. The van der Waals surface area contributed by atoms with Crippen molar-refractivity contribution >= 4 is 43.5 Å². The molecule has 0 amide bonds. The van der Waals surface area contributed by atoms with Gasteiger partial charge in [-0.2, -0.15) is 0 Å². The van der Waals surface area contributed by atoms with E-state index in [-0.39, 0.29) is 0 Å². The normalized spacial score (nSPS) is 11.5. The Morgan fingerprint density at radius 3 is 1.63 bits per heavy atom. The third kappa shape index (κ3) is 5.22. The highest BCUT2D eigenvalue weighted by molar-refractivity contribution is 6.13. The Hall–Kier alpha value is -6.91. The van der Waals surface area contributed by atoms with E-state index in [1.54, 1.807) is 0 Å². The fourth-order valence-electron chi connectivity index (χ4n) is 7.12. The lowest BCUT2D eigenvalue weighted by molar-refractivity contribution is 0.669. The number of hydrogen-bond acceptors (Lipinski definition) is 4. The van der Waals surface area contributed by atoms with E-state index in [1.807, 2.05) is 24.3 Å². The second-order valence-corrected chi connectivity index (χ2v) is 12.9. The summed E-state index contributed by atoms with van der Waals surface area (Å²) < 4.78 is 6.54. The molecular weight excluding hydrogens is 623 g/mol. The predicted molar refractivity (Wildman–Crippen MR) is 209 cm³/mol. The van der Waals surface area contributed by atoms with Crippen LogP contribution in [0, 0.1) is 0 Å². The smallest absolute Gasteiger partial charge is 0.164 e. The minimum Gasteiger partial charge on any atom is -0.456 e. The molecule has 0 saturated carbocycles. The number of nitrogens with zero attached hydrogens (tertiary/aromatic N) is 3. The van der Waals surface area contributed by atoms with Gasteiger partial charge in [0.2, 0.25) is 0 Å². The lowest BCUT2D eigenvalue weighted by atomic mass is 9.96. The molecule has 0 aliphatic carbocycles. The lowest BCUT2D eigenvalue weighted by Crippen LogP contribution is -2.01. The van der Waals surface area contributed by atoms with Crippen molar-refractivity contribution in [1.29, 1.82) is 0 Å². The van der Waals surface area contributed by atoms with Crippen LogP contribution in [0.15, 0.2) is 180 Å². The highest BCUT2D eigenvalue weighted by atomic mass is 16.3. The first-order valence-corrected chi connectivity index (χ1v) is 17.1. The molecule has 0 fully saturated rings. The zero-order valence-electron chi connectivity index (χ0n) is 27.5. The molecule has 0 bridgehead atoms. The van der Waals surface area contributed by atoms with Gasteiger partial charge in [0.05, 0.1) is 0 Å². The number of hydrogen-bond donors (Lipinski definition) is 0. The van der Waals surface area contributed by atoms with Gasteiger partial charge in [0, 0.05) is 27.5 Å². The molecule has 238 valence electrons. The highest BCUT2D eigenvalue weighted by Crippen LogP contribution is 2.40. The summed E-state index contributed by atoms with van der Waals surface area (Å²) >= 11 is 0. The van der Waals surface area contributed by atoms with Crippen molar-refractivity contribution in [2.75, 3.05) is 0 Å². The maximum absolute atomic E-state index is 6.54. The Bertz CT molecular complexity index is 2930. The second-order valence-electron chi connectivity index (χ2n) is 12.9. The molecule has 51 heavy (non-hydrogen) atoms. The van der Waals surface area contributed by atoms with E-state index in [0.717, 1.165) is 66.3 Å². The standard InChI is InChI=1S/C47H29N3O/c1-2-11-30(12-3-1)35-17-10-18-37(26-35)45-48-46(38-24-22-32-14-5-7-16-34(32)27-38)50-47(49-45)41-28-39(36-23-21-31-13-4-6-15-33(31)25-36)29-43-44(41)40-19-8-9-20-42(40)51-43/h1-29H. The van der Waals surface area contributed by atoms with Gasteiger partial charge in [0.1, 0.15) is 11.2 Å². The highest BCUT2D eigenvalue weighted by Gasteiger charge is 2.20. The van der Waals surface area contributed by atoms with Crippen molar-refractivity contribution in [3.8, 4) is 56.4 Å². The minimum atomic E-state index is 0.590. The second kappa shape index (κ2) is 11.9. The average molecular weight is 652 g/mol. The third-order valence-electron chi connectivity index (χ3n) is 9.67. The minimum absolute atomic E-state index is 0.590. The molecule has 0 atom stereocenters. The van der Waals surface area contributed by atoms with E-state index in [1.165, 1.54) is 16.2 Å². The van der Waals surface area contributed by atoms with Crippen LogP contribution in [0.5, 0.6) is 0 Å². The molecule has 0 radical (unpaired) electrons. The van der Waals surface area contributed by atoms with Gasteiger partial charge in [-0.15, -0.1) is 0 Å². The summed E-state index contributed by atoms with van der Waals surface area (Å²) in [6, 6.07) is 61.1. The summed E-state index contributed by atoms with van der Waals surface area (Å²) in [5.74, 6) is 1.81. The van der Waals surface area contributed by atoms with Gasteiger partial charge in [-0.05, 0) is 80.2 Å². The predicted octanol–water partition coefficient (Wildman–Crippen LogP) is 12.4. The number of benzene rings is 8. The molecule has 10 aromatic rings. The van der Waals surface area contributed by atoms with Crippen LogP contribution in [0.3, 0.4) is 0 Å². The molecule has 0 aliphatic rings. The van der Waals surface area contributed by atoms with Crippen LogP contribution in [0.25, 0.3) is 99.9 Å². The van der Waals surface area contributed by atoms with Gasteiger partial charge < -0.3 is 4.42 Å². The lowest BCUT2D eigenvalue weighted by Gasteiger charge is -2.12. The van der Waals surface area contributed by atoms with E-state index in [4.69, 9.17) is 19.4 Å². The molecule has 0 aliphatic heterocycles. The Morgan fingerprint density at radius 2 is 0.863 bits per heavy atom. The average Bonchev–Trinajstić information content (AvgIpc) is 3.59. The van der Waals surface area contributed by atoms with Crippen molar-refractivity contribution in [1.82, 2.24) is 15.0 Å². The van der Waals surface area contributed by atoms with Crippen LogP contribution in [-0.2, 0) is 0 Å². The third-order valence-corrected chi connectivity index (χ3v) is 9.67. The van der Waals surface area contributed by atoms with Gasteiger partial charge >= 0.3 is 0 Å². The van der Waals surface area contributed by atoms with Crippen LogP contribution in [0.1, 0.15) is 0 Å². The van der Waals surface area contributed by atoms with E-state index in [9.17, 15) is 0 Å². The van der Waals surface area contributed by atoms with E-state index in [0.29, 0.717) is 17.5 Å². The van der Waals surface area contributed by atoms with E-state index >= 15 is 0 Å². The Morgan fingerprint density at radius 1 is 0.314 bits per heavy atom. The van der Waals surface area contributed by atoms with Crippen molar-refractivity contribution in [3.05, 3.63) is 176 Å². The molecule has 0 spiro atoms. The van der Waals surface area contributed by atoms with Crippen LogP contribution in [0.2, 0.25) is 0 Å². The molecule has 10 rings (SSSR count). The molecule has 0 N–H and O–H groups in total. The summed E-state index contributed by atoms with van der Waals surface area (Å²) in [6.07, 6.45) is 0. The number of furan rings is 1. The molecular formula is C47H29N3O. The van der Waals surface area contributed by atoms with Crippen LogP contribution in [-0.4, -0.2) is 15.0 Å². The zero-order valence-corrected chi connectivity index (χ0v) is 27.5. The first-order valence-electron chi connectivity index (χ1n) is 17.1. The van der Waals surface area contributed by atoms with Crippen LogP contribution < -0.4 is 0 Å². The Balaban J connectivity index is 1.24. The largest absolute Gasteiger partial charge is 0.456 e. The van der Waals surface area contributed by atoms with E-state index < -0.39 is 0 Å². The van der Waals surface area contributed by atoms with Crippen molar-refractivity contribution < 1.29 is 4.42 Å². The summed E-state index contributed by atoms with van der Waals surface area (Å²) in [5.41, 5.74) is 8.71. The van der Waals surface area contributed by atoms with Gasteiger partial charge in [-0.25, -0.2) is 15.0 Å². The van der Waals surface area contributed by atoms with Crippen molar-refractivity contribution in [2.45, 2.75) is 0 Å². The topological polar surface area (TPSA) is 51.8 Å². The number of aromatic nitrogens is 3. The van der Waals surface area contributed by atoms with Gasteiger partial charge in [0.25, 0.3) is 0 Å². The van der Waals surface area contributed by atoms with E-state index in [2.05, 4.69) is 152 Å². The molecule has 0 saturated heterocycles. The molecule has 2 heterocycles. The van der Waals surface area contributed by atoms with Gasteiger partial charge in [0.15, 0.2) is 17.5 Å². The fourth-order valence-corrected chi connectivity index (χ4v) is 7.12. The quantitative estimate of drug-likeness (QED) is 0.186. The number of para-hydroxylation sites is 1. The fraction of sp³-hybridized carbons (Fsp3) is 0.